The number of nitrogens with zero attached hydrogens (tertiary/aromatic N) is 2. The van der Waals surface area contributed by atoms with Crippen LogP contribution in [-0.4, -0.2) is 61.6 Å². The van der Waals surface area contributed by atoms with Crippen LogP contribution >= 0.6 is 11.6 Å². The predicted molar refractivity (Wildman–Crippen MR) is 123 cm³/mol. The number of anilines is 2. The lowest BCUT2D eigenvalue weighted by Gasteiger charge is -2.36. The van der Waals surface area contributed by atoms with E-state index in [2.05, 4.69) is 10.3 Å². The number of esters is 1. The van der Waals surface area contributed by atoms with Gasteiger partial charge in [-0.15, -0.1) is 0 Å². The number of halogens is 4. The average molecular weight is 495 g/mol. The van der Waals surface area contributed by atoms with Gasteiger partial charge in [0.05, 0.1) is 29.9 Å². The fraction of sp³-hybridized carbons (Fsp3) is 0.304. The fourth-order valence-corrected chi connectivity index (χ4v) is 4.28. The van der Waals surface area contributed by atoms with Crippen LogP contribution < -0.4 is 10.2 Å². The highest BCUT2D eigenvalue weighted by Crippen LogP contribution is 2.34. The number of aromatic amines is 1. The topological polar surface area (TPSA) is 77.7 Å². The van der Waals surface area contributed by atoms with Gasteiger partial charge >= 0.3 is 12.1 Å². The van der Waals surface area contributed by atoms with E-state index in [1.165, 1.54) is 13.2 Å². The molecule has 0 atom stereocenters. The van der Waals surface area contributed by atoms with Gasteiger partial charge in [0.2, 0.25) is 5.91 Å². The lowest BCUT2D eigenvalue weighted by Crippen LogP contribution is -2.48. The van der Waals surface area contributed by atoms with Gasteiger partial charge in [-0.25, -0.2) is 4.79 Å². The first kappa shape index (κ1) is 23.9. The van der Waals surface area contributed by atoms with Crippen LogP contribution in [0.25, 0.3) is 10.9 Å². The molecular weight excluding hydrogens is 473 g/mol. The zero-order valence-electron chi connectivity index (χ0n) is 18.2. The van der Waals surface area contributed by atoms with Crippen LogP contribution in [-0.2, 0) is 15.7 Å². The Balaban J connectivity index is 1.42. The highest BCUT2D eigenvalue weighted by molar-refractivity contribution is 6.37. The van der Waals surface area contributed by atoms with E-state index < -0.39 is 17.7 Å². The van der Waals surface area contributed by atoms with Crippen LogP contribution in [0.4, 0.5) is 24.5 Å². The Morgan fingerprint density at radius 3 is 2.50 bits per heavy atom. The Bertz CT molecular complexity index is 1220. The molecule has 0 aliphatic carbocycles. The van der Waals surface area contributed by atoms with Crippen molar-refractivity contribution < 1.29 is 27.5 Å². The van der Waals surface area contributed by atoms with Crippen LogP contribution in [0.15, 0.2) is 42.5 Å². The molecule has 7 nitrogen and oxygen atoms in total. The Morgan fingerprint density at radius 2 is 1.82 bits per heavy atom. The van der Waals surface area contributed by atoms with Gasteiger partial charge in [-0.1, -0.05) is 23.7 Å². The van der Waals surface area contributed by atoms with Gasteiger partial charge in [0.15, 0.2) is 0 Å². The summed E-state index contributed by atoms with van der Waals surface area (Å²) in [4.78, 5) is 31.7. The number of alkyl halides is 3. The Morgan fingerprint density at radius 1 is 1.12 bits per heavy atom. The van der Waals surface area contributed by atoms with Gasteiger partial charge in [0, 0.05) is 42.8 Å². The smallest absolute Gasteiger partial charge is 0.416 e. The van der Waals surface area contributed by atoms with Crippen molar-refractivity contribution in [2.24, 2.45) is 0 Å². The van der Waals surface area contributed by atoms with Crippen molar-refractivity contribution in [2.75, 3.05) is 50.1 Å². The third kappa shape index (κ3) is 4.97. The highest BCUT2D eigenvalue weighted by Gasteiger charge is 2.31. The van der Waals surface area contributed by atoms with Gasteiger partial charge in [-0.2, -0.15) is 13.2 Å². The van der Waals surface area contributed by atoms with Crippen LogP contribution in [0.5, 0.6) is 0 Å². The Hall–Kier alpha value is -3.24. The standard InChI is InChI=1S/C23H22ClF3N4O3/c1-34-22(33)21-20(19-16(24)6-3-7-17(19)28-21)29-18(32)13-30-8-10-31(11-9-30)15-5-2-4-14(12-15)23(25,26)27/h2-7,12,28H,8-11,13H2,1H3,(H,29,32). The van der Waals surface area contributed by atoms with Crippen LogP contribution in [0.3, 0.4) is 0 Å². The minimum Gasteiger partial charge on any atom is -0.464 e. The number of amides is 1. The SMILES string of the molecule is COC(=O)c1[nH]c2cccc(Cl)c2c1NC(=O)CN1CCN(c2cccc(C(F)(F)F)c2)CC1. The van der Waals surface area contributed by atoms with Crippen molar-refractivity contribution in [2.45, 2.75) is 6.18 Å². The molecule has 1 aliphatic rings. The predicted octanol–water partition coefficient (Wildman–Crippen LogP) is 4.39. The molecule has 2 aromatic carbocycles. The van der Waals surface area contributed by atoms with Gasteiger partial charge in [0.1, 0.15) is 5.69 Å². The third-order valence-corrected chi connectivity index (χ3v) is 6.02. The number of carbonyl (C=O) groups excluding carboxylic acids is 2. The number of hydrogen-bond donors (Lipinski definition) is 2. The second kappa shape index (κ2) is 9.55. The molecule has 2 N–H and O–H groups in total. The first-order valence-corrected chi connectivity index (χ1v) is 10.9. The number of nitrogens with one attached hydrogen (secondary N) is 2. The highest BCUT2D eigenvalue weighted by atomic mass is 35.5. The number of rotatable bonds is 5. The summed E-state index contributed by atoms with van der Waals surface area (Å²) < 4.78 is 43.8. The third-order valence-electron chi connectivity index (χ3n) is 5.71. The summed E-state index contributed by atoms with van der Waals surface area (Å²) in [7, 11) is 1.24. The molecule has 2 heterocycles. The maximum Gasteiger partial charge on any atom is 0.416 e. The molecule has 1 aromatic heterocycles. The van der Waals surface area contributed by atoms with Gasteiger partial charge < -0.3 is 19.9 Å². The van der Waals surface area contributed by atoms with E-state index in [9.17, 15) is 22.8 Å². The number of fused-ring (bicyclic) bond motifs is 1. The molecular formula is C23H22ClF3N4O3. The Kier molecular flexibility index (Phi) is 6.72. The number of methoxy groups -OCH3 is 1. The van der Waals surface area contributed by atoms with Crippen molar-refractivity contribution in [3.63, 3.8) is 0 Å². The van der Waals surface area contributed by atoms with E-state index in [1.54, 1.807) is 24.3 Å². The minimum absolute atomic E-state index is 0.0498. The molecule has 1 aliphatic heterocycles. The monoisotopic (exact) mass is 494 g/mol. The van der Waals surface area contributed by atoms with E-state index in [0.29, 0.717) is 47.8 Å². The Labute approximate surface area is 198 Å². The molecule has 1 amide bonds. The summed E-state index contributed by atoms with van der Waals surface area (Å²) in [5.41, 5.74) is 0.729. The van der Waals surface area contributed by atoms with Gasteiger partial charge in [-0.05, 0) is 30.3 Å². The molecule has 3 aromatic rings. The molecule has 1 fully saturated rings. The first-order chi connectivity index (χ1) is 16.2. The number of hydrogen-bond acceptors (Lipinski definition) is 5. The second-order valence-corrected chi connectivity index (χ2v) is 8.30. The van der Waals surface area contributed by atoms with Crippen molar-refractivity contribution in [1.29, 1.82) is 0 Å². The maximum absolute atomic E-state index is 13.0. The van der Waals surface area contributed by atoms with E-state index in [-0.39, 0.29) is 23.8 Å². The molecule has 11 heteroatoms. The summed E-state index contributed by atoms with van der Waals surface area (Å²) in [6.07, 6.45) is -4.40. The summed E-state index contributed by atoms with van der Waals surface area (Å²) in [6, 6.07) is 10.3. The summed E-state index contributed by atoms with van der Waals surface area (Å²) in [6.45, 7) is 1.97. The normalized spacial score (nSPS) is 14.9. The number of benzene rings is 2. The summed E-state index contributed by atoms with van der Waals surface area (Å²) in [5.74, 6) is -0.990. The maximum atomic E-state index is 13.0. The van der Waals surface area contributed by atoms with Crippen LogP contribution in [0.1, 0.15) is 16.1 Å². The summed E-state index contributed by atoms with van der Waals surface area (Å²) in [5, 5.41) is 3.64. The number of H-pyrrole nitrogens is 1. The molecule has 180 valence electrons. The molecule has 0 saturated carbocycles. The van der Waals surface area contributed by atoms with Gasteiger partial charge in [-0.3, -0.25) is 9.69 Å². The molecule has 0 radical (unpaired) electrons. The fourth-order valence-electron chi connectivity index (χ4n) is 4.01. The van der Waals surface area contributed by atoms with Crippen molar-refractivity contribution in [3.05, 3.63) is 58.7 Å². The van der Waals surface area contributed by atoms with E-state index in [1.807, 2.05) is 9.80 Å². The quantitative estimate of drug-likeness (QED) is 0.514. The van der Waals surface area contributed by atoms with E-state index in [0.717, 1.165) is 12.1 Å². The number of aromatic nitrogens is 1. The van der Waals surface area contributed by atoms with Crippen molar-refractivity contribution >= 4 is 45.8 Å². The average Bonchev–Trinajstić information content (AvgIpc) is 3.18. The van der Waals surface area contributed by atoms with Crippen LogP contribution in [0, 0.1) is 0 Å². The lowest BCUT2D eigenvalue weighted by molar-refractivity contribution is -0.137. The number of ether oxygens (including phenoxy) is 1. The summed E-state index contributed by atoms with van der Waals surface area (Å²) >= 11 is 6.30. The molecule has 1 saturated heterocycles. The first-order valence-electron chi connectivity index (χ1n) is 10.5. The number of piperazine rings is 1. The zero-order chi connectivity index (χ0) is 24.5. The number of carbonyl (C=O) groups is 2. The van der Waals surface area contributed by atoms with Crippen molar-refractivity contribution in [1.82, 2.24) is 9.88 Å². The molecule has 34 heavy (non-hydrogen) atoms. The molecule has 0 bridgehead atoms. The lowest BCUT2D eigenvalue weighted by atomic mass is 10.1. The largest absolute Gasteiger partial charge is 0.464 e. The van der Waals surface area contributed by atoms with E-state index in [4.69, 9.17) is 16.3 Å². The molecule has 4 rings (SSSR count). The van der Waals surface area contributed by atoms with Gasteiger partial charge in [0.25, 0.3) is 0 Å². The van der Waals surface area contributed by atoms with E-state index >= 15 is 0 Å². The zero-order valence-corrected chi connectivity index (χ0v) is 19.0. The molecule has 0 unspecified atom stereocenters. The molecule has 0 spiro atoms. The minimum atomic E-state index is -4.40. The second-order valence-electron chi connectivity index (χ2n) is 7.89. The van der Waals surface area contributed by atoms with Crippen LogP contribution in [0.2, 0.25) is 5.02 Å². The van der Waals surface area contributed by atoms with Crippen molar-refractivity contribution in [3.8, 4) is 0 Å².